The zero-order chi connectivity index (χ0) is 14.2. The van der Waals surface area contributed by atoms with Crippen LogP contribution < -0.4 is 5.73 Å². The molecule has 1 aromatic carbocycles. The van der Waals surface area contributed by atoms with Crippen molar-refractivity contribution in [3.8, 4) is 5.69 Å². The second-order valence-corrected chi connectivity index (χ2v) is 4.70. The van der Waals surface area contributed by atoms with Gasteiger partial charge in [-0.3, -0.25) is 0 Å². The molecule has 1 aromatic heterocycles. The summed E-state index contributed by atoms with van der Waals surface area (Å²) in [6.07, 6.45) is -3.88. The molecule has 1 heterocycles. The van der Waals surface area contributed by atoms with Gasteiger partial charge in [0.25, 0.3) is 0 Å². The maximum absolute atomic E-state index is 12.3. The number of rotatable bonds is 2. The van der Waals surface area contributed by atoms with Gasteiger partial charge in [0.05, 0.1) is 16.5 Å². The Labute approximate surface area is 116 Å². The Morgan fingerprint density at radius 2 is 1.79 bits per heavy atom. The maximum Gasteiger partial charge on any atom is 0.393 e. The zero-order valence-electron chi connectivity index (χ0n) is 9.38. The fraction of sp³-hybridized carbons (Fsp3) is 0.182. The van der Waals surface area contributed by atoms with Gasteiger partial charge in [-0.1, -0.05) is 23.2 Å². The first-order chi connectivity index (χ1) is 8.76. The van der Waals surface area contributed by atoms with E-state index in [4.69, 9.17) is 28.9 Å². The van der Waals surface area contributed by atoms with Gasteiger partial charge in [0.15, 0.2) is 0 Å². The number of alkyl halides is 3. The number of nitrogens with two attached hydrogens (primary N) is 1. The Bertz CT molecular complexity index is 584. The fourth-order valence-corrected chi connectivity index (χ4v) is 2.34. The predicted octanol–water partition coefficient (Wildman–Crippen LogP) is 3.87. The molecule has 2 N–H and O–H groups in total. The number of halogens is 5. The topological polar surface area (TPSA) is 43.8 Å². The minimum Gasteiger partial charge on any atom is -0.382 e. The number of hydrogen-bond acceptors (Lipinski definition) is 2. The Balaban J connectivity index is 2.43. The highest BCUT2D eigenvalue weighted by atomic mass is 35.5. The van der Waals surface area contributed by atoms with Crippen molar-refractivity contribution in [3.05, 3.63) is 40.0 Å². The molecule has 19 heavy (non-hydrogen) atoms. The van der Waals surface area contributed by atoms with E-state index in [0.717, 1.165) is 0 Å². The highest BCUT2D eigenvalue weighted by Crippen LogP contribution is 2.32. The van der Waals surface area contributed by atoms with Crippen LogP contribution in [0.5, 0.6) is 0 Å². The van der Waals surface area contributed by atoms with Crippen molar-refractivity contribution in [2.45, 2.75) is 12.6 Å². The van der Waals surface area contributed by atoms with Crippen LogP contribution in [0.15, 0.2) is 24.4 Å². The monoisotopic (exact) mass is 309 g/mol. The standard InChI is InChI=1S/C11H8Cl2F3N3/c12-7-3-6(5-11(14,15)16)4-8(13)10(7)19-2-1-9(17)18-19/h1-4H,5H2,(H2,17,18). The van der Waals surface area contributed by atoms with E-state index >= 15 is 0 Å². The molecule has 0 aliphatic carbocycles. The van der Waals surface area contributed by atoms with E-state index in [1.807, 2.05) is 0 Å². The van der Waals surface area contributed by atoms with E-state index in [0.29, 0.717) is 5.69 Å². The van der Waals surface area contributed by atoms with Crippen LogP contribution >= 0.6 is 23.2 Å². The average Bonchev–Trinajstić information content (AvgIpc) is 2.60. The lowest BCUT2D eigenvalue weighted by Crippen LogP contribution is -2.12. The van der Waals surface area contributed by atoms with Crippen molar-refractivity contribution < 1.29 is 13.2 Å². The molecule has 0 amide bonds. The largest absolute Gasteiger partial charge is 0.393 e. The number of nitrogens with zero attached hydrogens (tertiary/aromatic N) is 2. The van der Waals surface area contributed by atoms with E-state index in [-0.39, 0.29) is 21.4 Å². The Morgan fingerprint density at radius 1 is 1.21 bits per heavy atom. The molecule has 0 radical (unpaired) electrons. The van der Waals surface area contributed by atoms with E-state index in [2.05, 4.69) is 5.10 Å². The molecule has 2 rings (SSSR count). The van der Waals surface area contributed by atoms with Gasteiger partial charge in [0.1, 0.15) is 11.5 Å². The molecule has 102 valence electrons. The van der Waals surface area contributed by atoms with Crippen molar-refractivity contribution in [1.82, 2.24) is 9.78 Å². The first-order valence-corrected chi connectivity index (χ1v) is 5.88. The van der Waals surface area contributed by atoms with Crippen molar-refractivity contribution in [2.24, 2.45) is 0 Å². The molecule has 3 nitrogen and oxygen atoms in total. The van der Waals surface area contributed by atoms with Gasteiger partial charge < -0.3 is 5.73 Å². The van der Waals surface area contributed by atoms with Crippen molar-refractivity contribution >= 4 is 29.0 Å². The molecular formula is C11H8Cl2F3N3. The van der Waals surface area contributed by atoms with Crippen molar-refractivity contribution in [3.63, 3.8) is 0 Å². The number of aromatic nitrogens is 2. The summed E-state index contributed by atoms with van der Waals surface area (Å²) in [5, 5.41) is 4.07. The SMILES string of the molecule is Nc1ccn(-c2c(Cl)cc(CC(F)(F)F)cc2Cl)n1. The highest BCUT2D eigenvalue weighted by Gasteiger charge is 2.28. The molecule has 0 unspecified atom stereocenters. The maximum atomic E-state index is 12.3. The summed E-state index contributed by atoms with van der Waals surface area (Å²) < 4.78 is 38.3. The van der Waals surface area contributed by atoms with Gasteiger partial charge >= 0.3 is 6.18 Å². The van der Waals surface area contributed by atoms with E-state index < -0.39 is 12.6 Å². The minimum atomic E-state index is -4.32. The first kappa shape index (κ1) is 14.0. The van der Waals surface area contributed by atoms with E-state index in [1.165, 1.54) is 29.1 Å². The smallest absolute Gasteiger partial charge is 0.382 e. The Morgan fingerprint density at radius 3 is 2.21 bits per heavy atom. The second kappa shape index (κ2) is 4.94. The molecule has 0 saturated heterocycles. The van der Waals surface area contributed by atoms with Gasteiger partial charge in [0.2, 0.25) is 0 Å². The number of benzene rings is 1. The average molecular weight is 310 g/mol. The van der Waals surface area contributed by atoms with Crippen LogP contribution in [-0.4, -0.2) is 16.0 Å². The van der Waals surface area contributed by atoms with Gasteiger partial charge in [-0.2, -0.15) is 18.3 Å². The highest BCUT2D eigenvalue weighted by molar-refractivity contribution is 6.37. The molecule has 0 bridgehead atoms. The Hall–Kier alpha value is -1.40. The normalized spacial score (nSPS) is 11.8. The summed E-state index contributed by atoms with van der Waals surface area (Å²) >= 11 is 11.9. The van der Waals surface area contributed by atoms with Gasteiger partial charge in [-0.05, 0) is 17.7 Å². The summed E-state index contributed by atoms with van der Waals surface area (Å²) in [6, 6.07) is 3.96. The number of hydrogen-bond donors (Lipinski definition) is 1. The van der Waals surface area contributed by atoms with Crippen LogP contribution in [0.1, 0.15) is 5.56 Å². The first-order valence-electron chi connectivity index (χ1n) is 5.12. The third-order valence-corrected chi connectivity index (χ3v) is 2.90. The van der Waals surface area contributed by atoms with Crippen LogP contribution in [0.4, 0.5) is 19.0 Å². The molecule has 0 aliphatic heterocycles. The minimum absolute atomic E-state index is 0.00798. The summed E-state index contributed by atoms with van der Waals surface area (Å²) in [4.78, 5) is 0. The molecule has 0 spiro atoms. The molecule has 0 atom stereocenters. The lowest BCUT2D eigenvalue weighted by Gasteiger charge is -2.11. The lowest BCUT2D eigenvalue weighted by atomic mass is 10.1. The third-order valence-electron chi connectivity index (χ3n) is 2.32. The summed E-state index contributed by atoms with van der Waals surface area (Å²) in [6.45, 7) is 0. The van der Waals surface area contributed by atoms with E-state index in [1.54, 1.807) is 0 Å². The predicted molar refractivity (Wildman–Crippen MR) is 67.8 cm³/mol. The van der Waals surface area contributed by atoms with E-state index in [9.17, 15) is 13.2 Å². The quantitative estimate of drug-likeness (QED) is 0.915. The summed E-state index contributed by atoms with van der Waals surface area (Å²) in [5.74, 6) is 0.256. The molecule has 2 aromatic rings. The summed E-state index contributed by atoms with van der Waals surface area (Å²) in [5.41, 5.74) is 5.75. The molecule has 0 aliphatic rings. The lowest BCUT2D eigenvalue weighted by molar-refractivity contribution is -0.127. The van der Waals surface area contributed by atoms with Gasteiger partial charge in [-0.25, -0.2) is 4.68 Å². The molecule has 0 saturated carbocycles. The Kier molecular flexibility index (Phi) is 3.64. The fourth-order valence-electron chi connectivity index (χ4n) is 1.63. The van der Waals surface area contributed by atoms with Crippen LogP contribution in [0.25, 0.3) is 5.69 Å². The summed E-state index contributed by atoms with van der Waals surface area (Å²) in [7, 11) is 0. The number of nitrogen functional groups attached to an aromatic ring is 1. The third kappa shape index (κ3) is 3.33. The van der Waals surface area contributed by atoms with Crippen molar-refractivity contribution in [1.29, 1.82) is 0 Å². The van der Waals surface area contributed by atoms with Crippen LogP contribution in [0.2, 0.25) is 10.0 Å². The van der Waals surface area contributed by atoms with Gasteiger partial charge in [0, 0.05) is 12.3 Å². The van der Waals surface area contributed by atoms with Crippen LogP contribution in [0, 0.1) is 0 Å². The number of anilines is 1. The molecular weight excluding hydrogens is 302 g/mol. The van der Waals surface area contributed by atoms with Crippen molar-refractivity contribution in [2.75, 3.05) is 5.73 Å². The van der Waals surface area contributed by atoms with Gasteiger partial charge in [-0.15, -0.1) is 0 Å². The van der Waals surface area contributed by atoms with Crippen LogP contribution in [-0.2, 0) is 6.42 Å². The molecule has 0 fully saturated rings. The van der Waals surface area contributed by atoms with Crippen LogP contribution in [0.3, 0.4) is 0 Å². The zero-order valence-corrected chi connectivity index (χ0v) is 10.9. The molecule has 8 heteroatoms. The second-order valence-electron chi connectivity index (χ2n) is 3.89.